The molecule has 96 valence electrons. The van der Waals surface area contributed by atoms with E-state index in [0.717, 1.165) is 5.56 Å². The van der Waals surface area contributed by atoms with E-state index in [2.05, 4.69) is 10.3 Å². The van der Waals surface area contributed by atoms with Crippen LogP contribution in [0.4, 0.5) is 11.4 Å². The fourth-order valence-corrected chi connectivity index (χ4v) is 1.78. The highest BCUT2D eigenvalue weighted by Gasteiger charge is 2.14. The monoisotopic (exact) mass is 257 g/mol. The fraction of sp³-hybridized carbons (Fsp3) is 0.167. The molecule has 0 radical (unpaired) electrons. The van der Waals surface area contributed by atoms with E-state index >= 15 is 0 Å². The van der Waals surface area contributed by atoms with E-state index in [1.165, 1.54) is 12.3 Å². The number of nitro benzene ring substituents is 1. The predicted molar refractivity (Wildman–Crippen MR) is 68.7 cm³/mol. The minimum absolute atomic E-state index is 0.0126. The Morgan fingerprint density at radius 2 is 2.37 bits per heavy atom. The molecule has 0 fully saturated rings. The van der Waals surface area contributed by atoms with Crippen LogP contribution in [0.25, 0.3) is 0 Å². The summed E-state index contributed by atoms with van der Waals surface area (Å²) in [5, 5.41) is 22.6. The minimum atomic E-state index is -0.436. The summed E-state index contributed by atoms with van der Waals surface area (Å²) in [6.45, 7) is 0.369. The van der Waals surface area contributed by atoms with Gasteiger partial charge in [0.1, 0.15) is 11.8 Å². The molecule has 0 saturated carbocycles. The molecule has 0 bridgehead atoms. The highest BCUT2D eigenvalue weighted by Crippen LogP contribution is 2.25. The summed E-state index contributed by atoms with van der Waals surface area (Å²) in [5.41, 5.74) is 1.21. The molecule has 7 heteroatoms. The third-order valence-corrected chi connectivity index (χ3v) is 2.70. The van der Waals surface area contributed by atoms with Crippen molar-refractivity contribution in [2.75, 3.05) is 12.4 Å². The van der Waals surface area contributed by atoms with E-state index in [1.807, 2.05) is 6.07 Å². The van der Waals surface area contributed by atoms with Crippen LogP contribution in [0.3, 0.4) is 0 Å². The summed E-state index contributed by atoms with van der Waals surface area (Å²) in [5.74, 6) is 0.278. The topological polar surface area (TPSA) is 96.8 Å². The molecule has 0 spiro atoms. The Morgan fingerprint density at radius 1 is 1.58 bits per heavy atom. The average Bonchev–Trinajstić information content (AvgIpc) is 2.85. The molecule has 1 aromatic carbocycles. The van der Waals surface area contributed by atoms with Crippen LogP contribution >= 0.6 is 0 Å². The molecule has 7 nitrogen and oxygen atoms in total. The number of nitrogens with one attached hydrogen (secondary N) is 1. The van der Waals surface area contributed by atoms with Crippen molar-refractivity contribution < 1.29 is 4.92 Å². The smallest absolute Gasteiger partial charge is 0.292 e. The van der Waals surface area contributed by atoms with Crippen molar-refractivity contribution >= 4 is 11.4 Å². The van der Waals surface area contributed by atoms with Gasteiger partial charge in [-0.1, -0.05) is 6.07 Å². The van der Waals surface area contributed by atoms with Crippen molar-refractivity contribution in [1.82, 2.24) is 9.55 Å². The van der Waals surface area contributed by atoms with Gasteiger partial charge in [0.15, 0.2) is 0 Å². The molecule has 0 aliphatic rings. The SMILES string of the molecule is CNc1ccc(Cn2ccnc2C#N)cc1[N+](=O)[O-]. The maximum atomic E-state index is 11.0. The quantitative estimate of drug-likeness (QED) is 0.664. The zero-order valence-corrected chi connectivity index (χ0v) is 10.2. The number of hydrogen-bond acceptors (Lipinski definition) is 5. The Morgan fingerprint density at radius 3 is 3.00 bits per heavy atom. The van der Waals surface area contributed by atoms with Crippen molar-refractivity contribution in [3.05, 3.63) is 52.1 Å². The van der Waals surface area contributed by atoms with Crippen LogP contribution in [-0.2, 0) is 6.54 Å². The van der Waals surface area contributed by atoms with Crippen molar-refractivity contribution in [2.45, 2.75) is 6.54 Å². The van der Waals surface area contributed by atoms with E-state index in [0.29, 0.717) is 12.2 Å². The molecule has 0 atom stereocenters. The molecular formula is C12H11N5O2. The van der Waals surface area contributed by atoms with Gasteiger partial charge in [-0.05, 0) is 11.6 Å². The number of hydrogen-bond donors (Lipinski definition) is 1. The van der Waals surface area contributed by atoms with Gasteiger partial charge in [0.05, 0.1) is 4.92 Å². The zero-order valence-electron chi connectivity index (χ0n) is 10.2. The molecule has 1 N–H and O–H groups in total. The highest BCUT2D eigenvalue weighted by atomic mass is 16.6. The van der Waals surface area contributed by atoms with Crippen LogP contribution < -0.4 is 5.32 Å². The van der Waals surface area contributed by atoms with Crippen molar-refractivity contribution in [2.24, 2.45) is 0 Å². The average molecular weight is 257 g/mol. The Kier molecular flexibility index (Phi) is 3.43. The third kappa shape index (κ3) is 2.52. The Balaban J connectivity index is 2.34. The maximum Gasteiger partial charge on any atom is 0.292 e. The lowest BCUT2D eigenvalue weighted by atomic mass is 10.1. The summed E-state index contributed by atoms with van der Waals surface area (Å²) in [6, 6.07) is 6.88. The standard InChI is InChI=1S/C12H11N5O2/c1-14-10-3-2-9(6-11(10)17(18)19)8-16-5-4-15-12(16)7-13/h2-6,14H,8H2,1H3. The normalized spacial score (nSPS) is 9.89. The van der Waals surface area contributed by atoms with E-state index in [4.69, 9.17) is 5.26 Å². The molecule has 0 amide bonds. The molecule has 0 unspecified atom stereocenters. The van der Waals surface area contributed by atoms with E-state index in [-0.39, 0.29) is 11.5 Å². The number of benzene rings is 1. The van der Waals surface area contributed by atoms with Crippen LogP contribution in [0, 0.1) is 21.4 Å². The lowest BCUT2D eigenvalue weighted by molar-refractivity contribution is -0.384. The minimum Gasteiger partial charge on any atom is -0.383 e. The van der Waals surface area contributed by atoms with Crippen LogP contribution in [-0.4, -0.2) is 21.5 Å². The van der Waals surface area contributed by atoms with Crippen LogP contribution in [0.1, 0.15) is 11.4 Å². The molecule has 2 rings (SSSR count). The van der Waals surface area contributed by atoms with Gasteiger partial charge < -0.3 is 9.88 Å². The summed E-state index contributed by atoms with van der Waals surface area (Å²) in [7, 11) is 1.63. The van der Waals surface area contributed by atoms with Gasteiger partial charge in [0.25, 0.3) is 5.69 Å². The number of nitro groups is 1. The molecule has 0 aliphatic heterocycles. The summed E-state index contributed by atoms with van der Waals surface area (Å²) >= 11 is 0. The Labute approximate surface area is 109 Å². The summed E-state index contributed by atoms with van der Waals surface area (Å²) in [6.07, 6.45) is 3.19. The van der Waals surface area contributed by atoms with Gasteiger partial charge in [0.2, 0.25) is 5.82 Å². The van der Waals surface area contributed by atoms with Gasteiger partial charge in [-0.25, -0.2) is 4.98 Å². The maximum absolute atomic E-state index is 11.0. The molecular weight excluding hydrogens is 246 g/mol. The van der Waals surface area contributed by atoms with Gasteiger partial charge in [-0.3, -0.25) is 10.1 Å². The second-order valence-corrected chi connectivity index (χ2v) is 3.85. The van der Waals surface area contributed by atoms with Crippen LogP contribution in [0.5, 0.6) is 0 Å². The first-order valence-corrected chi connectivity index (χ1v) is 5.52. The third-order valence-electron chi connectivity index (χ3n) is 2.70. The highest BCUT2D eigenvalue weighted by molar-refractivity contribution is 5.62. The predicted octanol–water partition coefficient (Wildman–Crippen LogP) is 1.75. The molecule has 0 aliphatic carbocycles. The molecule has 0 saturated heterocycles. The number of imidazole rings is 1. The Bertz CT molecular complexity index is 656. The van der Waals surface area contributed by atoms with E-state index in [1.54, 1.807) is 29.9 Å². The number of rotatable bonds is 4. The van der Waals surface area contributed by atoms with Gasteiger partial charge >= 0.3 is 0 Å². The molecule has 1 heterocycles. The van der Waals surface area contributed by atoms with Crippen LogP contribution in [0.15, 0.2) is 30.6 Å². The first kappa shape index (κ1) is 12.6. The molecule has 2 aromatic rings. The lowest BCUT2D eigenvalue weighted by Gasteiger charge is -2.06. The van der Waals surface area contributed by atoms with Crippen molar-refractivity contribution in [3.8, 4) is 6.07 Å². The zero-order chi connectivity index (χ0) is 13.8. The van der Waals surface area contributed by atoms with Crippen LogP contribution in [0.2, 0.25) is 0 Å². The van der Waals surface area contributed by atoms with E-state index in [9.17, 15) is 10.1 Å². The first-order chi connectivity index (χ1) is 9.15. The van der Waals surface area contributed by atoms with Crippen molar-refractivity contribution in [3.63, 3.8) is 0 Å². The number of nitrogens with zero attached hydrogens (tertiary/aromatic N) is 4. The molecule has 1 aromatic heterocycles. The fourth-order valence-electron chi connectivity index (χ4n) is 1.78. The summed E-state index contributed by atoms with van der Waals surface area (Å²) in [4.78, 5) is 14.4. The van der Waals surface area contributed by atoms with Gasteiger partial charge in [-0.2, -0.15) is 5.26 Å². The lowest BCUT2D eigenvalue weighted by Crippen LogP contribution is -2.03. The number of aromatic nitrogens is 2. The first-order valence-electron chi connectivity index (χ1n) is 5.52. The largest absolute Gasteiger partial charge is 0.383 e. The van der Waals surface area contributed by atoms with Gasteiger partial charge in [0, 0.05) is 32.1 Å². The Hall–Kier alpha value is -2.88. The summed E-state index contributed by atoms with van der Waals surface area (Å²) < 4.78 is 1.64. The molecule has 19 heavy (non-hydrogen) atoms. The second-order valence-electron chi connectivity index (χ2n) is 3.85. The van der Waals surface area contributed by atoms with E-state index < -0.39 is 4.92 Å². The number of anilines is 1. The number of nitriles is 1. The van der Waals surface area contributed by atoms with Gasteiger partial charge in [-0.15, -0.1) is 0 Å². The van der Waals surface area contributed by atoms with Crippen molar-refractivity contribution in [1.29, 1.82) is 5.26 Å². The second kappa shape index (κ2) is 5.18.